The maximum absolute atomic E-state index is 13.7. The topological polar surface area (TPSA) is 59.5 Å². The predicted molar refractivity (Wildman–Crippen MR) is 128 cm³/mol. The van der Waals surface area contributed by atoms with E-state index in [0.29, 0.717) is 12.4 Å². The Balaban J connectivity index is 1.78. The van der Waals surface area contributed by atoms with Gasteiger partial charge >= 0.3 is 0 Å². The number of hydrogen-bond acceptors (Lipinski definition) is 6. The van der Waals surface area contributed by atoms with E-state index in [-0.39, 0.29) is 9.79 Å². The summed E-state index contributed by atoms with van der Waals surface area (Å²) in [7, 11) is -3.73. The van der Waals surface area contributed by atoms with Crippen LogP contribution >= 0.6 is 11.8 Å². The Bertz CT molecular complexity index is 1160. The van der Waals surface area contributed by atoms with Gasteiger partial charge < -0.3 is 9.64 Å². The minimum atomic E-state index is -3.73. The van der Waals surface area contributed by atoms with Crippen LogP contribution in [0.4, 0.5) is 5.69 Å². The fourth-order valence-electron chi connectivity index (χ4n) is 3.76. The second-order valence-electron chi connectivity index (χ2n) is 7.77. The molecule has 0 saturated carbocycles. The number of ether oxygens (including phenoxy) is 1. The molecule has 1 saturated heterocycles. The van der Waals surface area contributed by atoms with Gasteiger partial charge in [0.15, 0.2) is 0 Å². The molecule has 4 rings (SSSR count). The molecule has 7 heteroatoms. The van der Waals surface area contributed by atoms with E-state index < -0.39 is 9.84 Å². The molecular weight excluding hydrogens is 428 g/mol. The zero-order valence-corrected chi connectivity index (χ0v) is 19.6. The molecule has 0 atom stereocenters. The van der Waals surface area contributed by atoms with Gasteiger partial charge in [-0.1, -0.05) is 25.0 Å². The van der Waals surface area contributed by atoms with Crippen molar-refractivity contribution in [2.75, 3.05) is 36.1 Å². The average molecular weight is 457 g/mol. The van der Waals surface area contributed by atoms with Gasteiger partial charge in [-0.2, -0.15) is 11.8 Å². The Morgan fingerprint density at radius 2 is 1.84 bits per heavy atom. The van der Waals surface area contributed by atoms with E-state index in [1.165, 1.54) is 6.20 Å². The number of thioether (sulfide) groups is 1. The molecular formula is C24H28N2O3S2. The zero-order chi connectivity index (χ0) is 21.8. The summed E-state index contributed by atoms with van der Waals surface area (Å²) in [6.45, 7) is 6.41. The molecule has 3 aromatic rings. The smallest absolute Gasteiger partial charge is 0.210 e. The number of benzene rings is 2. The molecule has 0 amide bonds. The largest absolute Gasteiger partial charge is 0.494 e. The lowest BCUT2D eigenvalue weighted by molar-refractivity contribution is 0.309. The summed E-state index contributed by atoms with van der Waals surface area (Å²) in [5.41, 5.74) is 2.68. The van der Waals surface area contributed by atoms with E-state index in [2.05, 4.69) is 16.8 Å². The Morgan fingerprint density at radius 3 is 2.55 bits per heavy atom. The number of unbranched alkanes of at least 4 members (excludes halogenated alkanes) is 1. The standard InChI is InChI=1S/C24H28N2O3S2/c1-3-4-13-29-19-6-8-20(9-7-19)31(27,28)23-17-25-22-10-5-18(2)16-21(22)24(23)26-11-14-30-15-12-26/h5-10,16-17H,3-4,11-15H2,1-2H3. The summed E-state index contributed by atoms with van der Waals surface area (Å²) in [5.74, 6) is 2.66. The van der Waals surface area contributed by atoms with Gasteiger partial charge in [0.25, 0.3) is 0 Å². The molecule has 164 valence electrons. The molecule has 1 aliphatic rings. The highest BCUT2D eigenvalue weighted by molar-refractivity contribution is 7.99. The number of fused-ring (bicyclic) bond motifs is 1. The van der Waals surface area contributed by atoms with Crippen molar-refractivity contribution in [2.24, 2.45) is 0 Å². The van der Waals surface area contributed by atoms with Crippen LogP contribution in [-0.2, 0) is 9.84 Å². The number of nitrogens with zero attached hydrogens (tertiary/aromatic N) is 2. The number of pyridine rings is 1. The van der Waals surface area contributed by atoms with E-state index in [1.807, 2.05) is 36.9 Å². The Labute approximate surface area is 188 Å². The quantitative estimate of drug-likeness (QED) is 0.461. The van der Waals surface area contributed by atoms with Crippen LogP contribution in [0.1, 0.15) is 25.3 Å². The van der Waals surface area contributed by atoms with Crippen molar-refractivity contribution >= 4 is 38.2 Å². The van der Waals surface area contributed by atoms with Crippen molar-refractivity contribution in [1.82, 2.24) is 4.98 Å². The van der Waals surface area contributed by atoms with Crippen molar-refractivity contribution in [1.29, 1.82) is 0 Å². The molecule has 2 heterocycles. The van der Waals surface area contributed by atoms with Gasteiger partial charge in [0, 0.05) is 36.2 Å². The summed E-state index contributed by atoms with van der Waals surface area (Å²) >= 11 is 1.90. The molecule has 0 radical (unpaired) electrons. The molecule has 1 fully saturated rings. The number of sulfone groups is 1. The van der Waals surface area contributed by atoms with Crippen LogP contribution < -0.4 is 9.64 Å². The van der Waals surface area contributed by atoms with Gasteiger partial charge in [0.2, 0.25) is 9.84 Å². The Kier molecular flexibility index (Phi) is 6.72. The number of anilines is 1. The molecule has 2 aromatic carbocycles. The molecule has 0 unspecified atom stereocenters. The first-order valence-corrected chi connectivity index (χ1v) is 13.3. The third kappa shape index (κ3) is 4.67. The first-order chi connectivity index (χ1) is 15.0. The minimum Gasteiger partial charge on any atom is -0.494 e. The highest BCUT2D eigenvalue weighted by Gasteiger charge is 2.27. The highest BCUT2D eigenvalue weighted by atomic mass is 32.2. The molecule has 5 nitrogen and oxygen atoms in total. The summed E-state index contributed by atoms with van der Waals surface area (Å²) < 4.78 is 33.1. The lowest BCUT2D eigenvalue weighted by Gasteiger charge is -2.31. The monoisotopic (exact) mass is 456 g/mol. The molecule has 1 aliphatic heterocycles. The van der Waals surface area contributed by atoms with Crippen molar-refractivity contribution in [2.45, 2.75) is 36.5 Å². The van der Waals surface area contributed by atoms with Crippen LogP contribution in [0.3, 0.4) is 0 Å². The molecule has 0 aliphatic carbocycles. The molecule has 0 N–H and O–H groups in total. The summed E-state index contributed by atoms with van der Waals surface area (Å²) in [5, 5.41) is 0.896. The van der Waals surface area contributed by atoms with Crippen LogP contribution in [0.2, 0.25) is 0 Å². The third-order valence-electron chi connectivity index (χ3n) is 5.48. The summed E-state index contributed by atoms with van der Waals surface area (Å²) in [6, 6.07) is 12.8. The molecule has 1 aromatic heterocycles. The van der Waals surface area contributed by atoms with Crippen LogP contribution in [0, 0.1) is 6.92 Å². The first-order valence-electron chi connectivity index (χ1n) is 10.7. The summed E-state index contributed by atoms with van der Waals surface area (Å²) in [4.78, 5) is 7.24. The fourth-order valence-corrected chi connectivity index (χ4v) is 6.10. The highest BCUT2D eigenvalue weighted by Crippen LogP contribution is 2.37. The first kappa shape index (κ1) is 22.0. The number of rotatable bonds is 7. The van der Waals surface area contributed by atoms with E-state index >= 15 is 0 Å². The van der Waals surface area contributed by atoms with Crippen molar-refractivity contribution < 1.29 is 13.2 Å². The molecule has 31 heavy (non-hydrogen) atoms. The summed E-state index contributed by atoms with van der Waals surface area (Å²) in [6.07, 6.45) is 3.55. The van der Waals surface area contributed by atoms with E-state index in [4.69, 9.17) is 4.74 Å². The third-order valence-corrected chi connectivity index (χ3v) is 8.19. The van der Waals surface area contributed by atoms with Gasteiger partial charge in [-0.05, 0) is 49.7 Å². The molecule has 0 spiro atoms. The average Bonchev–Trinajstić information content (AvgIpc) is 2.79. The minimum absolute atomic E-state index is 0.261. The van der Waals surface area contributed by atoms with Gasteiger partial charge in [-0.3, -0.25) is 4.98 Å². The van der Waals surface area contributed by atoms with Crippen molar-refractivity contribution in [3.05, 3.63) is 54.2 Å². The second-order valence-corrected chi connectivity index (χ2v) is 10.9. The Morgan fingerprint density at radius 1 is 1.10 bits per heavy atom. The van der Waals surface area contributed by atoms with Gasteiger partial charge in [-0.15, -0.1) is 0 Å². The molecule has 0 bridgehead atoms. The fraction of sp³-hybridized carbons (Fsp3) is 0.375. The zero-order valence-electron chi connectivity index (χ0n) is 18.0. The lowest BCUT2D eigenvalue weighted by atomic mass is 10.1. The predicted octanol–water partition coefficient (Wildman–Crippen LogP) is 5.11. The maximum Gasteiger partial charge on any atom is 0.210 e. The van der Waals surface area contributed by atoms with E-state index in [0.717, 1.165) is 59.6 Å². The number of aromatic nitrogens is 1. The van der Waals surface area contributed by atoms with E-state index in [1.54, 1.807) is 24.3 Å². The van der Waals surface area contributed by atoms with Crippen LogP contribution in [0.15, 0.2) is 58.5 Å². The number of aryl methyl sites for hydroxylation is 1. The van der Waals surface area contributed by atoms with Crippen molar-refractivity contribution in [3.63, 3.8) is 0 Å². The van der Waals surface area contributed by atoms with Gasteiger partial charge in [0.1, 0.15) is 10.6 Å². The maximum atomic E-state index is 13.7. The normalized spacial score (nSPS) is 14.7. The lowest BCUT2D eigenvalue weighted by Crippen LogP contribution is -2.33. The van der Waals surface area contributed by atoms with Gasteiger partial charge in [-0.25, -0.2) is 8.42 Å². The van der Waals surface area contributed by atoms with Crippen LogP contribution in [0.25, 0.3) is 10.9 Å². The van der Waals surface area contributed by atoms with Crippen LogP contribution in [0.5, 0.6) is 5.75 Å². The SMILES string of the molecule is CCCCOc1ccc(S(=O)(=O)c2cnc3ccc(C)cc3c2N2CCSCC2)cc1. The number of hydrogen-bond donors (Lipinski definition) is 0. The van der Waals surface area contributed by atoms with Gasteiger partial charge in [0.05, 0.1) is 22.7 Å². The Hall–Kier alpha value is -2.25. The second kappa shape index (κ2) is 9.49. The van der Waals surface area contributed by atoms with Crippen LogP contribution in [-0.4, -0.2) is 44.6 Å². The van der Waals surface area contributed by atoms with E-state index in [9.17, 15) is 8.42 Å². The van der Waals surface area contributed by atoms with Crippen molar-refractivity contribution in [3.8, 4) is 5.75 Å².